The summed E-state index contributed by atoms with van der Waals surface area (Å²) in [5.74, 6) is 0.249. The summed E-state index contributed by atoms with van der Waals surface area (Å²) < 4.78 is 0. The number of aromatic hydroxyl groups is 1. The van der Waals surface area contributed by atoms with Gasteiger partial charge in [-0.05, 0) is 62.2 Å². The molecule has 0 unspecified atom stereocenters. The van der Waals surface area contributed by atoms with Crippen molar-refractivity contribution in [2.75, 3.05) is 5.32 Å². The number of Topliss-reactive ketones (excluding diaryl/α,β-unsaturated/α-hetero) is 2. The molecule has 0 heterocycles. The Hall–Kier alpha value is -2.62. The van der Waals surface area contributed by atoms with Crippen molar-refractivity contribution in [2.24, 2.45) is 0 Å². The predicted molar refractivity (Wildman–Crippen MR) is 86.3 cm³/mol. The number of carbonyl (C=O) groups is 2. The maximum absolute atomic E-state index is 11.8. The molecule has 2 N–H and O–H groups in total. The number of hydrogen-bond acceptors (Lipinski definition) is 4. The van der Waals surface area contributed by atoms with Gasteiger partial charge < -0.3 is 10.4 Å². The van der Waals surface area contributed by atoms with Crippen molar-refractivity contribution in [1.82, 2.24) is 0 Å². The summed E-state index contributed by atoms with van der Waals surface area (Å²) in [4.78, 5) is 23.1. The van der Waals surface area contributed by atoms with E-state index < -0.39 is 0 Å². The van der Waals surface area contributed by atoms with Crippen LogP contribution >= 0.6 is 0 Å². The highest BCUT2D eigenvalue weighted by atomic mass is 16.3. The number of anilines is 1. The van der Waals surface area contributed by atoms with E-state index in [0.717, 1.165) is 11.3 Å². The van der Waals surface area contributed by atoms with E-state index in [1.807, 2.05) is 0 Å². The van der Waals surface area contributed by atoms with Crippen LogP contribution in [0, 0.1) is 0 Å². The van der Waals surface area contributed by atoms with Crippen LogP contribution in [0.4, 0.5) is 5.69 Å². The summed E-state index contributed by atoms with van der Waals surface area (Å²) in [6.45, 7) is 3.06. The van der Waals surface area contributed by atoms with Crippen LogP contribution < -0.4 is 5.32 Å². The standard InChI is InChI=1S/C18H19NO3/c1-12(20)15-5-7-16(8-6-15)19-18(13(2)21)11-14-3-9-17(22)10-4-14/h3-10,18-19,22H,11H2,1-2H3/t18-/m0/s1. The van der Waals surface area contributed by atoms with Gasteiger partial charge in [-0.15, -0.1) is 0 Å². The van der Waals surface area contributed by atoms with Crippen molar-refractivity contribution in [2.45, 2.75) is 26.3 Å². The minimum atomic E-state index is -0.354. The van der Waals surface area contributed by atoms with Crippen LogP contribution in [0.3, 0.4) is 0 Å². The van der Waals surface area contributed by atoms with Crippen LogP contribution in [0.15, 0.2) is 48.5 Å². The number of carbonyl (C=O) groups excluding carboxylic acids is 2. The lowest BCUT2D eigenvalue weighted by atomic mass is 10.0. The van der Waals surface area contributed by atoms with Crippen LogP contribution in [0.25, 0.3) is 0 Å². The molecule has 0 amide bonds. The first-order valence-electron chi connectivity index (χ1n) is 7.11. The van der Waals surface area contributed by atoms with E-state index in [9.17, 15) is 14.7 Å². The lowest BCUT2D eigenvalue weighted by Gasteiger charge is -2.17. The molecule has 0 radical (unpaired) electrons. The van der Waals surface area contributed by atoms with E-state index >= 15 is 0 Å². The molecule has 1 atom stereocenters. The van der Waals surface area contributed by atoms with Gasteiger partial charge in [0.15, 0.2) is 11.6 Å². The normalized spacial score (nSPS) is 11.7. The second-order valence-corrected chi connectivity index (χ2v) is 5.31. The van der Waals surface area contributed by atoms with Crippen LogP contribution in [-0.4, -0.2) is 22.7 Å². The first kappa shape index (κ1) is 15.8. The minimum Gasteiger partial charge on any atom is -0.508 e. The Morgan fingerprint density at radius 2 is 1.59 bits per heavy atom. The maximum Gasteiger partial charge on any atom is 0.159 e. The molecule has 0 saturated carbocycles. The Morgan fingerprint density at radius 3 is 2.09 bits per heavy atom. The molecule has 0 aliphatic carbocycles. The highest BCUT2D eigenvalue weighted by Crippen LogP contribution is 2.16. The van der Waals surface area contributed by atoms with Crippen molar-refractivity contribution in [3.63, 3.8) is 0 Å². The second-order valence-electron chi connectivity index (χ2n) is 5.31. The molecule has 0 bridgehead atoms. The Balaban J connectivity index is 2.09. The van der Waals surface area contributed by atoms with E-state index in [2.05, 4.69) is 5.32 Å². The number of nitrogens with one attached hydrogen (secondary N) is 1. The van der Waals surface area contributed by atoms with Crippen LogP contribution in [0.1, 0.15) is 29.8 Å². The fraction of sp³-hybridized carbons (Fsp3) is 0.222. The Kier molecular flexibility index (Phi) is 4.94. The van der Waals surface area contributed by atoms with Crippen LogP contribution in [-0.2, 0) is 11.2 Å². The number of hydrogen-bond donors (Lipinski definition) is 2. The molecule has 22 heavy (non-hydrogen) atoms. The van der Waals surface area contributed by atoms with Crippen molar-refractivity contribution >= 4 is 17.3 Å². The topological polar surface area (TPSA) is 66.4 Å². The summed E-state index contributed by atoms with van der Waals surface area (Å²) in [5.41, 5.74) is 2.40. The number of phenols is 1. The number of ketones is 2. The number of phenolic OH excluding ortho intramolecular Hbond substituents is 1. The zero-order valence-electron chi connectivity index (χ0n) is 12.7. The van der Waals surface area contributed by atoms with Gasteiger partial charge in [-0.3, -0.25) is 9.59 Å². The summed E-state index contributed by atoms with van der Waals surface area (Å²) in [7, 11) is 0. The molecular formula is C18H19NO3. The molecule has 2 aromatic rings. The third kappa shape index (κ3) is 4.19. The molecule has 0 saturated heterocycles. The zero-order valence-corrected chi connectivity index (χ0v) is 12.7. The second kappa shape index (κ2) is 6.89. The summed E-state index contributed by atoms with van der Waals surface area (Å²) in [6, 6.07) is 13.5. The molecule has 0 fully saturated rings. The summed E-state index contributed by atoms with van der Waals surface area (Å²) in [5, 5.41) is 12.5. The fourth-order valence-electron chi connectivity index (χ4n) is 2.17. The third-order valence-electron chi connectivity index (χ3n) is 3.50. The Bertz CT molecular complexity index is 660. The van der Waals surface area contributed by atoms with E-state index in [1.165, 1.54) is 6.92 Å². The molecule has 2 aromatic carbocycles. The molecule has 0 spiro atoms. The molecule has 2 rings (SSSR count). The zero-order chi connectivity index (χ0) is 16.1. The maximum atomic E-state index is 11.8. The van der Waals surface area contributed by atoms with Gasteiger partial charge in [-0.1, -0.05) is 12.1 Å². The Morgan fingerprint density at radius 1 is 1.00 bits per heavy atom. The van der Waals surface area contributed by atoms with Gasteiger partial charge in [0.25, 0.3) is 0 Å². The molecule has 0 aromatic heterocycles. The number of benzene rings is 2. The van der Waals surface area contributed by atoms with Gasteiger partial charge in [-0.25, -0.2) is 0 Å². The molecule has 0 aliphatic rings. The van der Waals surface area contributed by atoms with Gasteiger partial charge in [0.1, 0.15) is 5.75 Å². The lowest BCUT2D eigenvalue weighted by molar-refractivity contribution is -0.117. The first-order valence-corrected chi connectivity index (χ1v) is 7.11. The van der Waals surface area contributed by atoms with Crippen LogP contribution in [0.2, 0.25) is 0 Å². The van der Waals surface area contributed by atoms with Gasteiger partial charge in [0.05, 0.1) is 6.04 Å². The minimum absolute atomic E-state index is 0.0127. The molecule has 4 nitrogen and oxygen atoms in total. The summed E-state index contributed by atoms with van der Waals surface area (Å²) >= 11 is 0. The molecular weight excluding hydrogens is 278 g/mol. The van der Waals surface area contributed by atoms with Crippen molar-refractivity contribution in [1.29, 1.82) is 0 Å². The first-order chi connectivity index (χ1) is 10.5. The predicted octanol–water partition coefficient (Wildman–Crippen LogP) is 3.21. The average molecular weight is 297 g/mol. The largest absolute Gasteiger partial charge is 0.508 e. The lowest BCUT2D eigenvalue weighted by Crippen LogP contribution is -2.29. The van der Waals surface area contributed by atoms with E-state index in [4.69, 9.17) is 0 Å². The monoisotopic (exact) mass is 297 g/mol. The quantitative estimate of drug-likeness (QED) is 0.804. The van der Waals surface area contributed by atoms with Gasteiger partial charge in [-0.2, -0.15) is 0 Å². The van der Waals surface area contributed by atoms with E-state index in [1.54, 1.807) is 55.5 Å². The van der Waals surface area contributed by atoms with Crippen molar-refractivity contribution in [3.05, 3.63) is 59.7 Å². The fourth-order valence-corrected chi connectivity index (χ4v) is 2.17. The third-order valence-corrected chi connectivity index (χ3v) is 3.50. The summed E-state index contributed by atoms with van der Waals surface area (Å²) in [6.07, 6.45) is 0.532. The molecule has 4 heteroatoms. The number of rotatable bonds is 6. The highest BCUT2D eigenvalue weighted by molar-refractivity contribution is 5.94. The van der Waals surface area contributed by atoms with Gasteiger partial charge in [0.2, 0.25) is 0 Å². The van der Waals surface area contributed by atoms with Gasteiger partial charge in [0, 0.05) is 11.3 Å². The highest BCUT2D eigenvalue weighted by Gasteiger charge is 2.15. The smallest absolute Gasteiger partial charge is 0.159 e. The SMILES string of the molecule is CC(=O)c1ccc(N[C@@H](Cc2ccc(O)cc2)C(C)=O)cc1. The van der Waals surface area contributed by atoms with E-state index in [-0.39, 0.29) is 23.4 Å². The van der Waals surface area contributed by atoms with Gasteiger partial charge >= 0.3 is 0 Å². The Labute approximate surface area is 129 Å². The van der Waals surface area contributed by atoms with Crippen molar-refractivity contribution in [3.8, 4) is 5.75 Å². The molecule has 0 aliphatic heterocycles. The average Bonchev–Trinajstić information content (AvgIpc) is 2.49. The molecule has 114 valence electrons. The van der Waals surface area contributed by atoms with E-state index in [0.29, 0.717) is 12.0 Å². The van der Waals surface area contributed by atoms with Crippen molar-refractivity contribution < 1.29 is 14.7 Å². The van der Waals surface area contributed by atoms with Crippen LogP contribution in [0.5, 0.6) is 5.75 Å².